The smallest absolute Gasteiger partial charge is 0.256 e. The minimum absolute atomic E-state index is 0.188. The number of rotatable bonds is 7. The number of unbranched alkanes of at least 4 members (excludes halogenated alkanes) is 1. The summed E-state index contributed by atoms with van der Waals surface area (Å²) in [6.07, 6.45) is 5.96. The van der Waals surface area contributed by atoms with Crippen LogP contribution in [0.4, 0.5) is 0 Å². The summed E-state index contributed by atoms with van der Waals surface area (Å²) in [6.45, 7) is 6.90. The zero-order valence-corrected chi connectivity index (χ0v) is 18.2. The van der Waals surface area contributed by atoms with Gasteiger partial charge in [0.15, 0.2) is 5.82 Å². The summed E-state index contributed by atoms with van der Waals surface area (Å²) in [7, 11) is 0. The number of benzene rings is 1. The maximum absolute atomic E-state index is 13.2. The third-order valence-corrected chi connectivity index (χ3v) is 6.21. The number of carbonyl (C=O) groups excluding carboxylic acids is 1. The summed E-state index contributed by atoms with van der Waals surface area (Å²) >= 11 is 1.58. The van der Waals surface area contributed by atoms with Gasteiger partial charge in [0.2, 0.25) is 0 Å². The van der Waals surface area contributed by atoms with E-state index in [0.717, 1.165) is 39.6 Å². The Hall–Kier alpha value is -3.00. The summed E-state index contributed by atoms with van der Waals surface area (Å²) in [5.74, 6) is 1.11. The van der Waals surface area contributed by atoms with Gasteiger partial charge in [0.25, 0.3) is 5.91 Å². The summed E-state index contributed by atoms with van der Waals surface area (Å²) in [4.78, 5) is 23.1. The van der Waals surface area contributed by atoms with Crippen LogP contribution in [0, 0.1) is 6.92 Å². The summed E-state index contributed by atoms with van der Waals surface area (Å²) in [6, 6.07) is 7.97. The van der Waals surface area contributed by atoms with Gasteiger partial charge in [-0.2, -0.15) is 5.10 Å². The van der Waals surface area contributed by atoms with Gasteiger partial charge in [-0.3, -0.25) is 9.89 Å². The van der Waals surface area contributed by atoms with E-state index in [2.05, 4.69) is 32.4 Å². The van der Waals surface area contributed by atoms with Crippen LogP contribution in [0.25, 0.3) is 11.1 Å². The molecule has 0 aliphatic carbocycles. The molecule has 4 rings (SSSR count). The molecular formula is C22H25N5O2S. The van der Waals surface area contributed by atoms with Gasteiger partial charge in [-0.1, -0.05) is 25.5 Å². The van der Waals surface area contributed by atoms with E-state index in [1.807, 2.05) is 44.3 Å². The number of carbonyl (C=O) groups is 1. The third-order valence-electron chi connectivity index (χ3n) is 5.24. The Bertz CT molecular complexity index is 1060. The molecule has 1 aliphatic heterocycles. The Balaban J connectivity index is 1.69. The van der Waals surface area contributed by atoms with Gasteiger partial charge in [0.05, 0.1) is 17.7 Å². The van der Waals surface area contributed by atoms with E-state index in [1.165, 1.54) is 6.33 Å². The van der Waals surface area contributed by atoms with Crippen molar-refractivity contribution in [3.63, 3.8) is 0 Å². The predicted molar refractivity (Wildman–Crippen MR) is 117 cm³/mol. The minimum Gasteiger partial charge on any atom is -0.494 e. The standard InChI is InChI=1S/C22H25N5O2S/c1-4-5-10-29-16-8-6-15(7-9-16)22(3)11-17(21-23-12-14(2)30-21)18(20(28)26-22)19-24-13-25-27-19/h6-9,12-13H,4-5,10-11H2,1-3H3,(H,26,28)(H,24,25,27). The van der Waals surface area contributed by atoms with Gasteiger partial charge in [0, 0.05) is 23.1 Å². The first-order valence-electron chi connectivity index (χ1n) is 10.1. The molecule has 1 atom stereocenters. The predicted octanol–water partition coefficient (Wildman–Crippen LogP) is 4.09. The number of aromatic amines is 1. The van der Waals surface area contributed by atoms with Crippen molar-refractivity contribution in [2.24, 2.45) is 0 Å². The van der Waals surface area contributed by atoms with E-state index in [4.69, 9.17) is 4.74 Å². The highest BCUT2D eigenvalue weighted by molar-refractivity contribution is 7.12. The van der Waals surface area contributed by atoms with Crippen molar-refractivity contribution in [3.05, 3.63) is 58.1 Å². The van der Waals surface area contributed by atoms with Crippen molar-refractivity contribution < 1.29 is 9.53 Å². The monoisotopic (exact) mass is 423 g/mol. The molecule has 7 nitrogen and oxygen atoms in total. The molecule has 2 N–H and O–H groups in total. The third kappa shape index (κ3) is 4.00. The largest absolute Gasteiger partial charge is 0.494 e. The van der Waals surface area contributed by atoms with Gasteiger partial charge in [-0.15, -0.1) is 11.3 Å². The summed E-state index contributed by atoms with van der Waals surface area (Å²) < 4.78 is 5.78. The lowest BCUT2D eigenvalue weighted by atomic mass is 9.80. The Morgan fingerprint density at radius 2 is 2.03 bits per heavy atom. The van der Waals surface area contributed by atoms with E-state index in [9.17, 15) is 4.79 Å². The highest BCUT2D eigenvalue weighted by Gasteiger charge is 2.39. The fourth-order valence-electron chi connectivity index (χ4n) is 3.62. The number of amides is 1. The SMILES string of the molecule is CCCCOc1ccc(C2(C)CC(c3ncc(C)s3)=C(c3ncn[nH]3)C(=O)N2)cc1. The van der Waals surface area contributed by atoms with Gasteiger partial charge < -0.3 is 10.1 Å². The second kappa shape index (κ2) is 8.39. The average Bonchev–Trinajstić information content (AvgIpc) is 3.40. The Morgan fingerprint density at radius 1 is 1.23 bits per heavy atom. The van der Waals surface area contributed by atoms with Crippen LogP contribution in [-0.2, 0) is 10.3 Å². The molecule has 30 heavy (non-hydrogen) atoms. The molecule has 1 unspecified atom stereocenters. The zero-order chi connectivity index (χ0) is 21.1. The molecule has 0 saturated heterocycles. The van der Waals surface area contributed by atoms with Crippen molar-refractivity contribution in [2.45, 2.75) is 45.6 Å². The van der Waals surface area contributed by atoms with E-state index >= 15 is 0 Å². The molecule has 0 radical (unpaired) electrons. The number of nitrogens with zero attached hydrogens (tertiary/aromatic N) is 3. The molecule has 1 aromatic carbocycles. The van der Waals surface area contributed by atoms with Crippen LogP contribution in [0.15, 0.2) is 36.8 Å². The lowest BCUT2D eigenvalue weighted by Crippen LogP contribution is -2.47. The van der Waals surface area contributed by atoms with E-state index in [1.54, 1.807) is 11.3 Å². The molecule has 0 bridgehead atoms. The number of aromatic nitrogens is 4. The molecule has 0 saturated carbocycles. The number of nitrogens with one attached hydrogen (secondary N) is 2. The lowest BCUT2D eigenvalue weighted by Gasteiger charge is -2.36. The second-order valence-corrected chi connectivity index (χ2v) is 8.89. The van der Waals surface area contributed by atoms with Gasteiger partial charge in [-0.05, 0) is 38.0 Å². The van der Waals surface area contributed by atoms with Crippen LogP contribution in [0.5, 0.6) is 5.75 Å². The van der Waals surface area contributed by atoms with Crippen LogP contribution >= 0.6 is 11.3 Å². The molecule has 3 heterocycles. The van der Waals surface area contributed by atoms with Crippen molar-refractivity contribution in [1.29, 1.82) is 0 Å². The highest BCUT2D eigenvalue weighted by Crippen LogP contribution is 2.42. The quantitative estimate of drug-likeness (QED) is 0.558. The van der Waals surface area contributed by atoms with Crippen molar-refractivity contribution in [3.8, 4) is 5.75 Å². The number of hydrogen-bond acceptors (Lipinski definition) is 6. The van der Waals surface area contributed by atoms with Crippen LogP contribution in [0.3, 0.4) is 0 Å². The molecule has 8 heteroatoms. The van der Waals surface area contributed by atoms with E-state index in [-0.39, 0.29) is 5.91 Å². The number of aryl methyl sites for hydroxylation is 1. The van der Waals surface area contributed by atoms with Crippen LogP contribution < -0.4 is 10.1 Å². The summed E-state index contributed by atoms with van der Waals surface area (Å²) in [5.41, 5.74) is 1.82. The molecular weight excluding hydrogens is 398 g/mol. The number of hydrogen-bond donors (Lipinski definition) is 2. The first-order valence-corrected chi connectivity index (χ1v) is 10.9. The molecule has 156 valence electrons. The van der Waals surface area contributed by atoms with E-state index < -0.39 is 5.54 Å². The maximum atomic E-state index is 13.2. The molecule has 1 aliphatic rings. The molecule has 0 spiro atoms. The van der Waals surface area contributed by atoms with Crippen molar-refractivity contribution >= 4 is 28.4 Å². The average molecular weight is 424 g/mol. The topological polar surface area (TPSA) is 92.8 Å². The van der Waals surface area contributed by atoms with Gasteiger partial charge >= 0.3 is 0 Å². The van der Waals surface area contributed by atoms with Crippen molar-refractivity contribution in [1.82, 2.24) is 25.5 Å². The van der Waals surface area contributed by atoms with Crippen molar-refractivity contribution in [2.75, 3.05) is 6.61 Å². The number of H-pyrrole nitrogens is 1. The molecule has 0 fully saturated rings. The van der Waals surface area contributed by atoms with Crippen LogP contribution in [0.2, 0.25) is 0 Å². The van der Waals surface area contributed by atoms with E-state index in [0.29, 0.717) is 24.4 Å². The maximum Gasteiger partial charge on any atom is 0.256 e. The molecule has 3 aromatic rings. The lowest BCUT2D eigenvalue weighted by molar-refractivity contribution is -0.117. The summed E-state index contributed by atoms with van der Waals surface area (Å²) in [5, 5.41) is 10.8. The van der Waals surface area contributed by atoms with Crippen LogP contribution in [-0.4, -0.2) is 32.7 Å². The number of ether oxygens (including phenoxy) is 1. The first-order chi connectivity index (χ1) is 14.5. The second-order valence-electron chi connectivity index (χ2n) is 7.65. The van der Waals surface area contributed by atoms with Crippen LogP contribution in [0.1, 0.15) is 54.4 Å². The minimum atomic E-state index is -0.572. The Labute approximate surface area is 179 Å². The Morgan fingerprint density at radius 3 is 2.67 bits per heavy atom. The number of thiazole rings is 1. The highest BCUT2D eigenvalue weighted by atomic mass is 32.1. The first kappa shape index (κ1) is 20.3. The van der Waals surface area contributed by atoms with Gasteiger partial charge in [0.1, 0.15) is 17.1 Å². The fraction of sp³-hybridized carbons (Fsp3) is 0.364. The fourth-order valence-corrected chi connectivity index (χ4v) is 4.43. The molecule has 1 amide bonds. The normalized spacial score (nSPS) is 19.1. The molecule has 2 aromatic heterocycles. The Kier molecular flexibility index (Phi) is 5.67. The van der Waals surface area contributed by atoms with Gasteiger partial charge in [-0.25, -0.2) is 9.97 Å². The zero-order valence-electron chi connectivity index (χ0n) is 17.4.